The van der Waals surface area contributed by atoms with Gasteiger partial charge in [0.2, 0.25) is 5.91 Å². The van der Waals surface area contributed by atoms with E-state index in [0.29, 0.717) is 17.1 Å². The van der Waals surface area contributed by atoms with Crippen molar-refractivity contribution in [1.29, 1.82) is 0 Å². The van der Waals surface area contributed by atoms with E-state index >= 15 is 0 Å². The molecule has 2 heterocycles. The van der Waals surface area contributed by atoms with Crippen LogP contribution >= 0.6 is 0 Å². The fraction of sp³-hybridized carbons (Fsp3) is 0.130. The second-order valence-corrected chi connectivity index (χ2v) is 6.91. The van der Waals surface area contributed by atoms with Crippen LogP contribution in [0.3, 0.4) is 0 Å². The lowest BCUT2D eigenvalue weighted by Gasteiger charge is -2.20. The van der Waals surface area contributed by atoms with Crippen molar-refractivity contribution in [1.82, 2.24) is 19.9 Å². The number of carbonyl (C=O) groups excluding carboxylic acids is 2. The molecule has 8 heteroatoms. The lowest BCUT2D eigenvalue weighted by molar-refractivity contribution is -0.117. The molecule has 0 aliphatic heterocycles. The van der Waals surface area contributed by atoms with Crippen molar-refractivity contribution in [3.8, 4) is 5.69 Å². The Labute approximate surface area is 179 Å². The maximum Gasteiger partial charge on any atom is 0.277 e. The van der Waals surface area contributed by atoms with Crippen molar-refractivity contribution < 1.29 is 14.0 Å². The first-order valence-electron chi connectivity index (χ1n) is 9.76. The molecule has 0 unspecified atom stereocenters. The molecule has 0 saturated heterocycles. The summed E-state index contributed by atoms with van der Waals surface area (Å²) in [6, 6.07) is 21.9. The maximum atomic E-state index is 13.3. The normalized spacial score (nSPS) is 10.6. The minimum absolute atomic E-state index is 0.131. The number of hydrogen-bond donors (Lipinski definition) is 1. The summed E-state index contributed by atoms with van der Waals surface area (Å²) in [6.45, 7) is 1.69. The van der Waals surface area contributed by atoms with Crippen LogP contribution in [0.1, 0.15) is 21.9 Å². The van der Waals surface area contributed by atoms with E-state index in [1.54, 1.807) is 31.2 Å². The molecule has 156 valence electrons. The maximum absolute atomic E-state index is 13.3. The molecule has 8 nitrogen and oxygen atoms in total. The van der Waals surface area contributed by atoms with Crippen molar-refractivity contribution in [3.63, 3.8) is 0 Å². The van der Waals surface area contributed by atoms with Crippen LogP contribution in [-0.2, 0) is 11.3 Å². The molecule has 0 fully saturated rings. The second kappa shape index (κ2) is 9.08. The van der Waals surface area contributed by atoms with Crippen LogP contribution in [0.2, 0.25) is 0 Å². The smallest absolute Gasteiger partial charge is 0.277 e. The van der Waals surface area contributed by atoms with E-state index in [1.165, 1.54) is 16.0 Å². The van der Waals surface area contributed by atoms with E-state index in [4.69, 9.17) is 4.42 Å². The van der Waals surface area contributed by atoms with Crippen LogP contribution < -0.4 is 5.32 Å². The predicted molar refractivity (Wildman–Crippen MR) is 115 cm³/mol. The van der Waals surface area contributed by atoms with Crippen LogP contribution in [0.25, 0.3) is 5.69 Å². The third kappa shape index (κ3) is 4.87. The first kappa shape index (κ1) is 20.1. The third-order valence-corrected chi connectivity index (χ3v) is 4.58. The average molecular weight is 415 g/mol. The summed E-state index contributed by atoms with van der Waals surface area (Å²) in [7, 11) is 0. The monoisotopic (exact) mass is 415 g/mol. The molecule has 0 atom stereocenters. The van der Waals surface area contributed by atoms with Gasteiger partial charge in [0.05, 0.1) is 24.2 Å². The predicted octanol–water partition coefficient (Wildman–Crippen LogP) is 3.45. The highest BCUT2D eigenvalue weighted by Crippen LogP contribution is 2.14. The number of carbonyl (C=O) groups is 2. The molecule has 2 amide bonds. The first-order chi connectivity index (χ1) is 15.1. The molecule has 4 rings (SSSR count). The van der Waals surface area contributed by atoms with Gasteiger partial charge in [0, 0.05) is 5.69 Å². The summed E-state index contributed by atoms with van der Waals surface area (Å²) >= 11 is 0. The standard InChI is InChI=1S/C23H21N5O3/c1-17-22(26-28(25-17)19-11-6-3-7-12-19)23(30)27(15-20-13-8-14-31-20)16-21(29)24-18-9-4-2-5-10-18/h2-14H,15-16H2,1H3,(H,24,29). The van der Waals surface area contributed by atoms with Crippen molar-refractivity contribution >= 4 is 17.5 Å². The van der Waals surface area contributed by atoms with Gasteiger partial charge in [-0.1, -0.05) is 36.4 Å². The van der Waals surface area contributed by atoms with Crippen LogP contribution in [0, 0.1) is 6.92 Å². The van der Waals surface area contributed by atoms with E-state index < -0.39 is 5.91 Å². The molecule has 0 aliphatic rings. The molecule has 2 aromatic heterocycles. The van der Waals surface area contributed by atoms with Crippen molar-refractivity contribution in [2.24, 2.45) is 0 Å². The summed E-state index contributed by atoms with van der Waals surface area (Å²) in [6.07, 6.45) is 1.53. The highest BCUT2D eigenvalue weighted by Gasteiger charge is 2.25. The van der Waals surface area contributed by atoms with Gasteiger partial charge in [0.15, 0.2) is 5.69 Å². The van der Waals surface area contributed by atoms with Gasteiger partial charge in [-0.25, -0.2) is 0 Å². The largest absolute Gasteiger partial charge is 0.467 e. The number of amides is 2. The van der Waals surface area contributed by atoms with E-state index in [9.17, 15) is 9.59 Å². The van der Waals surface area contributed by atoms with Crippen LogP contribution in [0.15, 0.2) is 83.5 Å². The van der Waals surface area contributed by atoms with Gasteiger partial charge >= 0.3 is 0 Å². The van der Waals surface area contributed by atoms with Gasteiger partial charge < -0.3 is 14.6 Å². The molecule has 0 spiro atoms. The molecular weight excluding hydrogens is 394 g/mol. The Balaban J connectivity index is 1.57. The number of para-hydroxylation sites is 2. The van der Waals surface area contributed by atoms with Crippen molar-refractivity contribution in [2.45, 2.75) is 13.5 Å². The molecule has 1 N–H and O–H groups in total. The number of nitrogens with one attached hydrogen (secondary N) is 1. The van der Waals surface area contributed by atoms with E-state index in [0.717, 1.165) is 5.69 Å². The van der Waals surface area contributed by atoms with E-state index in [1.807, 2.05) is 48.5 Å². The minimum atomic E-state index is -0.403. The number of nitrogens with zero attached hydrogens (tertiary/aromatic N) is 4. The van der Waals surface area contributed by atoms with Gasteiger partial charge in [-0.2, -0.15) is 9.90 Å². The SMILES string of the molecule is Cc1nn(-c2ccccc2)nc1C(=O)N(CC(=O)Nc1ccccc1)Cc1ccco1. The third-order valence-electron chi connectivity index (χ3n) is 4.58. The van der Waals surface area contributed by atoms with Crippen molar-refractivity contribution in [2.75, 3.05) is 11.9 Å². The van der Waals surface area contributed by atoms with Crippen molar-refractivity contribution in [3.05, 3.63) is 96.2 Å². The molecular formula is C23H21N5O3. The molecule has 4 aromatic rings. The molecule has 31 heavy (non-hydrogen) atoms. The lowest BCUT2D eigenvalue weighted by Crippen LogP contribution is -2.38. The van der Waals surface area contributed by atoms with Gasteiger partial charge in [-0.05, 0) is 43.3 Å². The van der Waals surface area contributed by atoms with Gasteiger partial charge in [-0.15, -0.1) is 5.10 Å². The summed E-state index contributed by atoms with van der Waals surface area (Å²) in [5.74, 6) is -0.160. The quantitative estimate of drug-likeness (QED) is 0.499. The number of rotatable bonds is 7. The van der Waals surface area contributed by atoms with Gasteiger partial charge in [0.1, 0.15) is 12.3 Å². The zero-order valence-corrected chi connectivity index (χ0v) is 16.9. The highest BCUT2D eigenvalue weighted by molar-refractivity contribution is 5.98. The van der Waals surface area contributed by atoms with Crippen LogP contribution in [0.5, 0.6) is 0 Å². The molecule has 0 aliphatic carbocycles. The second-order valence-electron chi connectivity index (χ2n) is 6.91. The van der Waals surface area contributed by atoms with Gasteiger partial charge in [0.25, 0.3) is 5.91 Å². The molecule has 0 radical (unpaired) electrons. The first-order valence-corrected chi connectivity index (χ1v) is 9.76. The van der Waals surface area contributed by atoms with Crippen LogP contribution in [-0.4, -0.2) is 38.3 Å². The Morgan fingerprint density at radius 2 is 1.68 bits per heavy atom. The lowest BCUT2D eigenvalue weighted by atomic mass is 10.2. The zero-order chi connectivity index (χ0) is 21.6. The number of benzene rings is 2. The molecule has 0 saturated carbocycles. The summed E-state index contributed by atoms with van der Waals surface area (Å²) in [5.41, 5.74) is 2.05. The minimum Gasteiger partial charge on any atom is -0.467 e. The summed E-state index contributed by atoms with van der Waals surface area (Å²) in [4.78, 5) is 28.7. The number of hydrogen-bond acceptors (Lipinski definition) is 5. The molecule has 0 bridgehead atoms. The Kier molecular flexibility index (Phi) is 5.89. The fourth-order valence-electron chi connectivity index (χ4n) is 3.09. The number of aromatic nitrogens is 3. The fourth-order valence-corrected chi connectivity index (χ4v) is 3.09. The van der Waals surface area contributed by atoms with Crippen LogP contribution in [0.4, 0.5) is 5.69 Å². The molecule has 2 aromatic carbocycles. The van der Waals surface area contributed by atoms with E-state index in [2.05, 4.69) is 15.5 Å². The Morgan fingerprint density at radius 3 is 2.35 bits per heavy atom. The Morgan fingerprint density at radius 1 is 0.968 bits per heavy atom. The van der Waals surface area contributed by atoms with E-state index in [-0.39, 0.29) is 24.7 Å². The zero-order valence-electron chi connectivity index (χ0n) is 16.9. The summed E-state index contributed by atoms with van der Waals surface area (Å²) in [5, 5.41) is 11.5. The highest BCUT2D eigenvalue weighted by atomic mass is 16.3. The Hall–Kier alpha value is -4.20. The number of aryl methyl sites for hydroxylation is 1. The Bertz CT molecular complexity index is 1150. The van der Waals surface area contributed by atoms with Gasteiger partial charge in [-0.3, -0.25) is 9.59 Å². The topological polar surface area (TPSA) is 93.3 Å². The number of furan rings is 1. The number of anilines is 1. The average Bonchev–Trinajstić information content (AvgIpc) is 3.44. The summed E-state index contributed by atoms with van der Waals surface area (Å²) < 4.78 is 5.39.